The molecule has 14 heteroatoms. The molecule has 0 unspecified atom stereocenters. The van der Waals surface area contributed by atoms with E-state index in [1.165, 1.54) is 28.9 Å². The molecule has 0 aliphatic rings. The number of nitrogens with zero attached hydrogens (tertiary/aromatic N) is 5. The quantitative estimate of drug-likeness (QED) is 0.0808. The van der Waals surface area contributed by atoms with Gasteiger partial charge in [0, 0.05) is 28.4 Å². The standard InChI is InChI=1S/C24H21ClN8O4S/c25-18-7-5-16(6-8-18)14-37-21-4-2-1-3-17(21)13-27-29-23-30-31-24(32(23)26)38-15-22(34)28-19-9-11-20(12-10-19)33(35)36/h1-13H,14-15,26H2,(H,28,34)(H,29,30)/b27-13+. The van der Waals surface area contributed by atoms with Gasteiger partial charge in [-0.3, -0.25) is 14.9 Å². The van der Waals surface area contributed by atoms with Crippen molar-refractivity contribution in [3.05, 3.63) is 99.1 Å². The summed E-state index contributed by atoms with van der Waals surface area (Å²) in [6.45, 7) is 0.366. The molecule has 0 fully saturated rings. The Bertz CT molecular complexity index is 1440. The van der Waals surface area contributed by atoms with E-state index >= 15 is 0 Å². The van der Waals surface area contributed by atoms with Gasteiger partial charge >= 0.3 is 0 Å². The van der Waals surface area contributed by atoms with E-state index in [-0.39, 0.29) is 28.5 Å². The molecule has 4 N–H and O–H groups in total. The number of nitrogens with one attached hydrogen (secondary N) is 2. The van der Waals surface area contributed by atoms with Crippen molar-refractivity contribution in [2.45, 2.75) is 11.8 Å². The Labute approximate surface area is 226 Å². The van der Waals surface area contributed by atoms with E-state index < -0.39 is 4.92 Å². The summed E-state index contributed by atoms with van der Waals surface area (Å²) in [4.78, 5) is 22.4. The molecular formula is C24H21ClN8O4S. The SMILES string of the molecule is Nn1c(N/N=C/c2ccccc2OCc2ccc(Cl)cc2)nnc1SCC(=O)Nc1ccc([N+](=O)[O-])cc1. The lowest BCUT2D eigenvalue weighted by atomic mass is 10.2. The Kier molecular flexibility index (Phi) is 8.74. The maximum atomic E-state index is 12.2. The van der Waals surface area contributed by atoms with Gasteiger partial charge in [0.15, 0.2) is 0 Å². The normalized spacial score (nSPS) is 10.9. The molecule has 0 saturated heterocycles. The van der Waals surface area contributed by atoms with Crippen LogP contribution in [0.1, 0.15) is 11.1 Å². The first-order valence-corrected chi connectivity index (χ1v) is 12.4. The molecule has 0 aliphatic heterocycles. The molecule has 4 rings (SSSR count). The number of thioether (sulfide) groups is 1. The summed E-state index contributed by atoms with van der Waals surface area (Å²) in [5.74, 6) is 6.48. The molecular weight excluding hydrogens is 532 g/mol. The van der Waals surface area contributed by atoms with Crippen LogP contribution in [0.5, 0.6) is 5.75 Å². The van der Waals surface area contributed by atoms with E-state index in [0.717, 1.165) is 22.9 Å². The van der Waals surface area contributed by atoms with Gasteiger partial charge in [-0.15, -0.1) is 10.2 Å². The predicted molar refractivity (Wildman–Crippen MR) is 146 cm³/mol. The van der Waals surface area contributed by atoms with Crippen molar-refractivity contribution >= 4 is 52.8 Å². The van der Waals surface area contributed by atoms with Crippen LogP contribution >= 0.6 is 23.4 Å². The number of hydrazone groups is 1. The average Bonchev–Trinajstić information content (AvgIpc) is 3.27. The Balaban J connectivity index is 1.29. The highest BCUT2D eigenvalue weighted by atomic mass is 35.5. The highest BCUT2D eigenvalue weighted by molar-refractivity contribution is 7.99. The van der Waals surface area contributed by atoms with Crippen LogP contribution < -0.4 is 21.3 Å². The molecule has 1 heterocycles. The first-order valence-electron chi connectivity index (χ1n) is 11.0. The van der Waals surface area contributed by atoms with Gasteiger partial charge in [-0.2, -0.15) is 5.10 Å². The number of non-ortho nitro benzene ring substituents is 1. The Morgan fingerprint density at radius 3 is 2.61 bits per heavy atom. The number of nitro groups is 1. The largest absolute Gasteiger partial charge is 0.488 e. The van der Waals surface area contributed by atoms with Crippen molar-refractivity contribution in [1.29, 1.82) is 0 Å². The van der Waals surface area contributed by atoms with Gasteiger partial charge in [-0.1, -0.05) is 47.6 Å². The van der Waals surface area contributed by atoms with E-state index in [0.29, 0.717) is 23.1 Å². The fourth-order valence-corrected chi connectivity index (χ4v) is 3.85. The van der Waals surface area contributed by atoms with Crippen LogP contribution in [0.25, 0.3) is 0 Å². The lowest BCUT2D eigenvalue weighted by molar-refractivity contribution is -0.384. The maximum Gasteiger partial charge on any atom is 0.269 e. The van der Waals surface area contributed by atoms with Crippen LogP contribution in [0.2, 0.25) is 5.02 Å². The molecule has 3 aromatic carbocycles. The summed E-state index contributed by atoms with van der Waals surface area (Å²) in [6.07, 6.45) is 1.57. The van der Waals surface area contributed by atoms with Crippen LogP contribution in [-0.4, -0.2) is 37.7 Å². The lowest BCUT2D eigenvalue weighted by Crippen LogP contribution is -2.16. The summed E-state index contributed by atoms with van der Waals surface area (Å²) in [6, 6.07) is 20.3. The molecule has 0 radical (unpaired) electrons. The number of ether oxygens (including phenoxy) is 1. The number of hydrogen-bond acceptors (Lipinski definition) is 10. The van der Waals surface area contributed by atoms with E-state index in [1.807, 2.05) is 36.4 Å². The first-order chi connectivity index (χ1) is 18.4. The maximum absolute atomic E-state index is 12.2. The number of benzene rings is 3. The molecule has 0 bridgehead atoms. The number of rotatable bonds is 11. The monoisotopic (exact) mass is 552 g/mol. The zero-order chi connectivity index (χ0) is 26.9. The number of carbonyl (C=O) groups excluding carboxylic acids is 1. The Morgan fingerprint density at radius 2 is 1.87 bits per heavy atom. The minimum absolute atomic E-state index is 0.00603. The number of nitro benzene ring substituents is 1. The molecule has 1 aromatic heterocycles. The van der Waals surface area contributed by atoms with Gasteiger partial charge in [0.25, 0.3) is 11.6 Å². The number of nitrogens with two attached hydrogens (primary N) is 1. The summed E-state index contributed by atoms with van der Waals surface area (Å²) >= 11 is 6.99. The third-order valence-corrected chi connectivity index (χ3v) is 6.15. The highest BCUT2D eigenvalue weighted by Gasteiger charge is 2.13. The van der Waals surface area contributed by atoms with Crippen LogP contribution in [0.4, 0.5) is 17.3 Å². The fraction of sp³-hybridized carbons (Fsp3) is 0.0833. The second-order valence-corrected chi connectivity index (χ2v) is 9.02. The third kappa shape index (κ3) is 7.21. The zero-order valence-corrected chi connectivity index (χ0v) is 21.2. The van der Waals surface area contributed by atoms with Crippen molar-refractivity contribution < 1.29 is 14.5 Å². The topological polar surface area (TPSA) is 163 Å². The number of anilines is 2. The number of carbonyl (C=O) groups is 1. The predicted octanol–water partition coefficient (Wildman–Crippen LogP) is 4.31. The Hall–Kier alpha value is -4.62. The molecule has 1 amide bonds. The third-order valence-electron chi connectivity index (χ3n) is 4.95. The van der Waals surface area contributed by atoms with Crippen molar-refractivity contribution in [3.8, 4) is 5.75 Å². The van der Waals surface area contributed by atoms with Crippen LogP contribution in [0.15, 0.2) is 83.1 Å². The first kappa shape index (κ1) is 26.4. The molecule has 0 atom stereocenters. The number of aromatic nitrogens is 3. The van der Waals surface area contributed by atoms with E-state index in [4.69, 9.17) is 22.2 Å². The number of para-hydroxylation sites is 1. The van der Waals surface area contributed by atoms with Gasteiger partial charge in [0.1, 0.15) is 12.4 Å². The van der Waals surface area contributed by atoms with Gasteiger partial charge in [-0.25, -0.2) is 10.1 Å². The number of nitrogen functional groups attached to an aromatic ring is 1. The molecule has 38 heavy (non-hydrogen) atoms. The van der Waals surface area contributed by atoms with Crippen molar-refractivity contribution in [3.63, 3.8) is 0 Å². The van der Waals surface area contributed by atoms with Crippen LogP contribution in [0, 0.1) is 10.1 Å². The van der Waals surface area contributed by atoms with E-state index in [1.54, 1.807) is 18.3 Å². The fourth-order valence-electron chi connectivity index (χ4n) is 3.07. The summed E-state index contributed by atoms with van der Waals surface area (Å²) in [5.41, 5.74) is 4.80. The minimum Gasteiger partial charge on any atom is -0.488 e. The average molecular weight is 553 g/mol. The van der Waals surface area contributed by atoms with Crippen molar-refractivity contribution in [2.75, 3.05) is 22.3 Å². The van der Waals surface area contributed by atoms with E-state index in [9.17, 15) is 14.9 Å². The van der Waals surface area contributed by atoms with Gasteiger partial charge in [-0.05, 0) is 42.0 Å². The minimum atomic E-state index is -0.513. The smallest absolute Gasteiger partial charge is 0.269 e. The molecule has 0 saturated carbocycles. The molecule has 194 valence electrons. The van der Waals surface area contributed by atoms with Crippen LogP contribution in [-0.2, 0) is 11.4 Å². The molecule has 4 aromatic rings. The second-order valence-electron chi connectivity index (χ2n) is 7.64. The van der Waals surface area contributed by atoms with Gasteiger partial charge < -0.3 is 15.9 Å². The zero-order valence-electron chi connectivity index (χ0n) is 19.7. The van der Waals surface area contributed by atoms with Crippen molar-refractivity contribution in [1.82, 2.24) is 14.9 Å². The van der Waals surface area contributed by atoms with E-state index in [2.05, 4.69) is 26.0 Å². The number of hydrogen-bond donors (Lipinski definition) is 3. The summed E-state index contributed by atoms with van der Waals surface area (Å²) in [7, 11) is 0. The molecule has 12 nitrogen and oxygen atoms in total. The highest BCUT2D eigenvalue weighted by Crippen LogP contribution is 2.20. The van der Waals surface area contributed by atoms with Crippen molar-refractivity contribution in [2.24, 2.45) is 5.10 Å². The number of halogens is 1. The van der Waals surface area contributed by atoms with Gasteiger partial charge in [0.2, 0.25) is 11.1 Å². The summed E-state index contributed by atoms with van der Waals surface area (Å²) < 4.78 is 7.09. The molecule has 0 spiro atoms. The number of amides is 1. The lowest BCUT2D eigenvalue weighted by Gasteiger charge is -2.09. The van der Waals surface area contributed by atoms with Crippen LogP contribution in [0.3, 0.4) is 0 Å². The second kappa shape index (κ2) is 12.6. The Morgan fingerprint density at radius 1 is 1.13 bits per heavy atom. The van der Waals surface area contributed by atoms with Gasteiger partial charge in [0.05, 0.1) is 16.9 Å². The summed E-state index contributed by atoms with van der Waals surface area (Å²) in [5, 5.41) is 26.4. The molecule has 0 aliphatic carbocycles.